The number of thiophene rings is 1. The van der Waals surface area contributed by atoms with Crippen LogP contribution in [0.5, 0.6) is 0 Å². The number of carbonyl (C=O) groups excluding carboxylic acids is 1. The van der Waals surface area contributed by atoms with Gasteiger partial charge in [-0.1, -0.05) is 48.5 Å². The number of nitrogens with one attached hydrogen (secondary N) is 1. The number of carbonyl (C=O) groups is 1. The molecule has 0 spiro atoms. The quantitative estimate of drug-likeness (QED) is 0.368. The van der Waals surface area contributed by atoms with Crippen molar-refractivity contribution in [2.24, 2.45) is 10.2 Å². The lowest BCUT2D eigenvalue weighted by molar-refractivity contribution is 0.0996. The molecule has 0 bridgehead atoms. The van der Waals surface area contributed by atoms with E-state index in [1.54, 1.807) is 17.4 Å². The van der Waals surface area contributed by atoms with Crippen LogP contribution in [-0.2, 0) is 0 Å². The second-order valence-electron chi connectivity index (χ2n) is 6.49. The molecule has 0 aliphatic rings. The number of rotatable bonds is 3. The third-order valence-corrected chi connectivity index (χ3v) is 5.58. The van der Waals surface area contributed by atoms with Crippen molar-refractivity contribution < 1.29 is 4.79 Å². The minimum absolute atomic E-state index is 0.432. The van der Waals surface area contributed by atoms with Gasteiger partial charge in [-0.25, -0.2) is 4.98 Å². The number of aromatic amines is 1. The van der Waals surface area contributed by atoms with Crippen LogP contribution in [0.25, 0.3) is 32.2 Å². The Labute approximate surface area is 169 Å². The highest BCUT2D eigenvalue weighted by atomic mass is 32.1. The predicted molar refractivity (Wildman–Crippen MR) is 117 cm³/mol. The zero-order valence-electron chi connectivity index (χ0n) is 15.2. The van der Waals surface area contributed by atoms with Crippen molar-refractivity contribution in [2.75, 3.05) is 5.73 Å². The van der Waals surface area contributed by atoms with E-state index in [9.17, 15) is 4.79 Å². The van der Waals surface area contributed by atoms with Gasteiger partial charge in [0, 0.05) is 16.2 Å². The summed E-state index contributed by atoms with van der Waals surface area (Å²) < 4.78 is 0. The first kappa shape index (κ1) is 17.3. The van der Waals surface area contributed by atoms with Crippen molar-refractivity contribution >= 4 is 50.6 Å². The summed E-state index contributed by atoms with van der Waals surface area (Å²) in [5.74, 6) is 0.526. The van der Waals surface area contributed by atoms with Crippen LogP contribution in [0.4, 0.5) is 11.6 Å². The fourth-order valence-corrected chi connectivity index (χ4v) is 4.00. The first-order valence-electron chi connectivity index (χ1n) is 8.96. The largest absolute Gasteiger partial charge is 0.385 e. The number of nitrogen functional groups attached to an aromatic ring is 1. The standard InChI is InChI=1S/C22H15N5OS/c23-20-14-7-1-2-8-15(14)21(25-20)26-27-22(28)16-12-18(19-10-5-11-29-19)24-17-9-4-3-6-13(16)17/h1-12,25H,23H2. The van der Waals surface area contributed by atoms with Gasteiger partial charge >= 0.3 is 0 Å². The molecular weight excluding hydrogens is 382 g/mol. The number of anilines is 1. The lowest BCUT2D eigenvalue weighted by Crippen LogP contribution is -1.98. The van der Waals surface area contributed by atoms with E-state index < -0.39 is 5.91 Å². The van der Waals surface area contributed by atoms with Crippen molar-refractivity contribution in [3.05, 3.63) is 77.7 Å². The summed E-state index contributed by atoms with van der Waals surface area (Å²) in [6.07, 6.45) is 0. The second-order valence-corrected chi connectivity index (χ2v) is 7.44. The molecule has 3 N–H and O–H groups in total. The number of H-pyrrole nitrogens is 1. The maximum Gasteiger partial charge on any atom is 0.296 e. The van der Waals surface area contributed by atoms with Gasteiger partial charge in [-0.3, -0.25) is 4.79 Å². The molecular formula is C22H15N5OS. The molecule has 29 heavy (non-hydrogen) atoms. The van der Waals surface area contributed by atoms with Crippen LogP contribution < -0.4 is 5.73 Å². The fourth-order valence-electron chi connectivity index (χ4n) is 3.32. The molecule has 0 saturated heterocycles. The average Bonchev–Trinajstić information content (AvgIpc) is 3.40. The van der Waals surface area contributed by atoms with Gasteiger partial charge in [0.25, 0.3) is 5.91 Å². The third-order valence-electron chi connectivity index (χ3n) is 4.69. The molecule has 140 valence electrons. The van der Waals surface area contributed by atoms with Crippen molar-refractivity contribution in [2.45, 2.75) is 0 Å². The van der Waals surface area contributed by atoms with E-state index in [1.807, 2.05) is 66.0 Å². The van der Waals surface area contributed by atoms with E-state index in [4.69, 9.17) is 5.73 Å². The fraction of sp³-hybridized carbons (Fsp3) is 0. The second kappa shape index (κ2) is 6.96. The zero-order valence-corrected chi connectivity index (χ0v) is 16.0. The number of fused-ring (bicyclic) bond motifs is 2. The van der Waals surface area contributed by atoms with Gasteiger partial charge in [0.15, 0.2) is 5.82 Å². The molecule has 5 rings (SSSR count). The minimum atomic E-state index is -0.432. The predicted octanol–water partition coefficient (Wildman–Crippen LogP) is 5.95. The number of hydrogen-bond donors (Lipinski definition) is 2. The molecule has 0 saturated carbocycles. The number of aromatic nitrogens is 2. The van der Waals surface area contributed by atoms with Crippen LogP contribution in [0.2, 0.25) is 0 Å². The summed E-state index contributed by atoms with van der Waals surface area (Å²) >= 11 is 1.57. The van der Waals surface area contributed by atoms with Crippen LogP contribution in [0.1, 0.15) is 10.4 Å². The molecule has 0 fully saturated rings. The molecule has 0 atom stereocenters. The third kappa shape index (κ3) is 3.07. The summed E-state index contributed by atoms with van der Waals surface area (Å²) in [7, 11) is 0. The van der Waals surface area contributed by atoms with Crippen molar-refractivity contribution in [3.8, 4) is 10.6 Å². The zero-order chi connectivity index (χ0) is 19.8. The van der Waals surface area contributed by atoms with Gasteiger partial charge in [-0.15, -0.1) is 21.6 Å². The Balaban J connectivity index is 1.59. The molecule has 1 amide bonds. The number of benzene rings is 2. The van der Waals surface area contributed by atoms with Crippen molar-refractivity contribution in [1.29, 1.82) is 0 Å². The molecule has 3 heterocycles. The average molecular weight is 397 g/mol. The maximum absolute atomic E-state index is 13.0. The van der Waals surface area contributed by atoms with E-state index in [0.29, 0.717) is 17.2 Å². The van der Waals surface area contributed by atoms with E-state index >= 15 is 0 Å². The molecule has 0 radical (unpaired) electrons. The number of para-hydroxylation sites is 1. The van der Waals surface area contributed by atoms with E-state index in [1.165, 1.54) is 0 Å². The number of nitrogens with zero attached hydrogens (tertiary/aromatic N) is 3. The lowest BCUT2D eigenvalue weighted by Gasteiger charge is -2.05. The number of pyridine rings is 1. The van der Waals surface area contributed by atoms with Crippen LogP contribution in [0, 0.1) is 0 Å². The highest BCUT2D eigenvalue weighted by molar-refractivity contribution is 7.13. The Kier molecular flexibility index (Phi) is 4.14. The van der Waals surface area contributed by atoms with Crippen LogP contribution in [-0.4, -0.2) is 15.9 Å². The van der Waals surface area contributed by atoms with Gasteiger partial charge in [0.05, 0.1) is 21.7 Å². The van der Waals surface area contributed by atoms with Gasteiger partial charge in [-0.2, -0.15) is 0 Å². The Morgan fingerprint density at radius 3 is 2.52 bits per heavy atom. The normalized spacial score (nSPS) is 11.6. The Morgan fingerprint density at radius 2 is 1.72 bits per heavy atom. The summed E-state index contributed by atoms with van der Waals surface area (Å²) in [4.78, 5) is 21.6. The van der Waals surface area contributed by atoms with Gasteiger partial charge in [0.1, 0.15) is 5.82 Å². The molecule has 2 aromatic carbocycles. The molecule has 7 heteroatoms. The SMILES string of the molecule is Nc1[nH]c(N=NC(=O)c2cc(-c3cccs3)nc3ccccc23)c2ccccc12. The van der Waals surface area contributed by atoms with Crippen molar-refractivity contribution in [3.63, 3.8) is 0 Å². The first-order valence-corrected chi connectivity index (χ1v) is 9.84. The topological polar surface area (TPSA) is 96.5 Å². The molecule has 3 aromatic heterocycles. The molecule has 0 aliphatic carbocycles. The summed E-state index contributed by atoms with van der Waals surface area (Å²) in [6, 6.07) is 20.8. The summed E-state index contributed by atoms with van der Waals surface area (Å²) in [6.45, 7) is 0. The smallest absolute Gasteiger partial charge is 0.296 e. The molecule has 0 unspecified atom stereocenters. The van der Waals surface area contributed by atoms with E-state index in [0.717, 1.165) is 32.2 Å². The Hall–Kier alpha value is -3.84. The van der Waals surface area contributed by atoms with E-state index in [2.05, 4.69) is 20.2 Å². The highest BCUT2D eigenvalue weighted by Gasteiger charge is 2.15. The monoisotopic (exact) mass is 397 g/mol. The van der Waals surface area contributed by atoms with E-state index in [-0.39, 0.29) is 0 Å². The first-order chi connectivity index (χ1) is 14.2. The number of nitrogens with two attached hydrogens (primary N) is 1. The Bertz CT molecular complexity index is 1390. The summed E-state index contributed by atoms with van der Waals surface area (Å²) in [5, 5.41) is 12.5. The number of amides is 1. The van der Waals surface area contributed by atoms with Crippen LogP contribution in [0.3, 0.4) is 0 Å². The number of hydrogen-bond acceptors (Lipinski definition) is 5. The lowest BCUT2D eigenvalue weighted by atomic mass is 10.1. The van der Waals surface area contributed by atoms with Gasteiger partial charge in [0.2, 0.25) is 0 Å². The number of azo groups is 1. The minimum Gasteiger partial charge on any atom is -0.385 e. The molecule has 5 aromatic rings. The van der Waals surface area contributed by atoms with Crippen LogP contribution >= 0.6 is 11.3 Å². The van der Waals surface area contributed by atoms with Gasteiger partial charge < -0.3 is 10.7 Å². The Morgan fingerprint density at radius 1 is 0.966 bits per heavy atom. The molecule has 0 aliphatic heterocycles. The summed E-state index contributed by atoms with van der Waals surface area (Å²) in [5.41, 5.74) is 7.94. The van der Waals surface area contributed by atoms with Crippen LogP contribution in [0.15, 0.2) is 82.3 Å². The van der Waals surface area contributed by atoms with Crippen molar-refractivity contribution in [1.82, 2.24) is 9.97 Å². The van der Waals surface area contributed by atoms with Gasteiger partial charge in [-0.05, 0) is 23.6 Å². The highest BCUT2D eigenvalue weighted by Crippen LogP contribution is 2.31. The maximum atomic E-state index is 13.0. The molecule has 6 nitrogen and oxygen atoms in total.